The quantitative estimate of drug-likeness (QED) is 0.535. The van der Waals surface area contributed by atoms with E-state index in [0.717, 1.165) is 17.5 Å². The molecule has 3 aromatic rings. The lowest BCUT2D eigenvalue weighted by Crippen LogP contribution is -2.20. The molecular weight excluding hydrogens is 412 g/mol. The number of hydrogen-bond donors (Lipinski definition) is 2. The predicted molar refractivity (Wildman–Crippen MR) is 123 cm³/mol. The van der Waals surface area contributed by atoms with Crippen molar-refractivity contribution in [2.45, 2.75) is 32.1 Å². The second-order valence-electron chi connectivity index (χ2n) is 7.34. The van der Waals surface area contributed by atoms with Gasteiger partial charge in [0.2, 0.25) is 0 Å². The van der Waals surface area contributed by atoms with Crippen molar-refractivity contribution in [3.8, 4) is 5.75 Å². The van der Waals surface area contributed by atoms with Crippen LogP contribution in [0.4, 0.5) is 11.4 Å². The molecule has 0 aliphatic rings. The first kappa shape index (κ1) is 22.4. The minimum absolute atomic E-state index is 0.108. The molecule has 6 nitrogen and oxygen atoms in total. The molecule has 0 saturated heterocycles. The van der Waals surface area contributed by atoms with Gasteiger partial charge < -0.3 is 10.1 Å². The van der Waals surface area contributed by atoms with Crippen LogP contribution in [-0.2, 0) is 21.2 Å². The molecule has 0 aromatic heterocycles. The fraction of sp³-hybridized carbons (Fsp3) is 0.208. The number of amides is 1. The lowest BCUT2D eigenvalue weighted by molar-refractivity contribution is -0.118. The Kier molecular flexibility index (Phi) is 6.97. The summed E-state index contributed by atoms with van der Waals surface area (Å²) in [4.78, 5) is 12.2. The van der Waals surface area contributed by atoms with Gasteiger partial charge in [-0.1, -0.05) is 25.1 Å². The molecule has 0 fully saturated rings. The summed E-state index contributed by atoms with van der Waals surface area (Å²) in [6.07, 6.45) is 0.937. The van der Waals surface area contributed by atoms with Gasteiger partial charge in [-0.3, -0.25) is 9.52 Å². The molecule has 1 amide bonds. The van der Waals surface area contributed by atoms with Gasteiger partial charge in [0.1, 0.15) is 5.75 Å². The number of sulfonamides is 1. The average molecular weight is 439 g/mol. The van der Waals surface area contributed by atoms with Crippen LogP contribution in [0, 0.1) is 13.8 Å². The maximum absolute atomic E-state index is 12.6. The highest BCUT2D eigenvalue weighted by atomic mass is 32.2. The Bertz CT molecular complexity index is 1130. The SMILES string of the molecule is CCc1ccc(OCC(=O)Nc2ccc(S(=O)(=O)Nc3cc(C)cc(C)c3)cc2)cc1. The van der Waals surface area contributed by atoms with Crippen molar-refractivity contribution in [1.29, 1.82) is 0 Å². The van der Waals surface area contributed by atoms with Crippen LogP contribution in [0.3, 0.4) is 0 Å². The van der Waals surface area contributed by atoms with Gasteiger partial charge in [0.05, 0.1) is 4.90 Å². The van der Waals surface area contributed by atoms with Crippen molar-refractivity contribution in [1.82, 2.24) is 0 Å². The van der Waals surface area contributed by atoms with Gasteiger partial charge in [0, 0.05) is 11.4 Å². The molecule has 0 saturated carbocycles. The van der Waals surface area contributed by atoms with Gasteiger partial charge in [0.25, 0.3) is 15.9 Å². The van der Waals surface area contributed by atoms with E-state index in [0.29, 0.717) is 17.1 Å². The summed E-state index contributed by atoms with van der Waals surface area (Å²) in [6.45, 7) is 5.75. The standard InChI is InChI=1S/C24H26N2O4S/c1-4-19-5-9-22(10-6-19)30-16-24(27)25-20-7-11-23(12-8-20)31(28,29)26-21-14-17(2)13-18(3)15-21/h5-15,26H,4,16H2,1-3H3,(H,25,27). The van der Waals surface area contributed by atoms with Crippen molar-refractivity contribution in [3.05, 3.63) is 83.4 Å². The van der Waals surface area contributed by atoms with Gasteiger partial charge in [-0.2, -0.15) is 0 Å². The van der Waals surface area contributed by atoms with Crippen molar-refractivity contribution in [3.63, 3.8) is 0 Å². The number of carbonyl (C=O) groups excluding carboxylic acids is 1. The maximum Gasteiger partial charge on any atom is 0.262 e. The van der Waals surface area contributed by atoms with E-state index >= 15 is 0 Å². The molecule has 162 valence electrons. The zero-order valence-corrected chi connectivity index (χ0v) is 18.6. The Labute approximate surface area is 183 Å². The molecule has 0 aliphatic heterocycles. The first-order chi connectivity index (χ1) is 14.7. The first-order valence-corrected chi connectivity index (χ1v) is 11.5. The molecule has 7 heteroatoms. The predicted octanol–water partition coefficient (Wildman–Crippen LogP) is 4.68. The Balaban J connectivity index is 1.58. The summed E-state index contributed by atoms with van der Waals surface area (Å²) in [6, 6.07) is 19.1. The molecule has 0 aliphatic carbocycles. The summed E-state index contributed by atoms with van der Waals surface area (Å²) in [7, 11) is -3.73. The second-order valence-corrected chi connectivity index (χ2v) is 9.02. The van der Waals surface area contributed by atoms with E-state index < -0.39 is 10.0 Å². The summed E-state index contributed by atoms with van der Waals surface area (Å²) in [5, 5.41) is 2.70. The molecule has 31 heavy (non-hydrogen) atoms. The second kappa shape index (κ2) is 9.66. The number of rotatable bonds is 8. The molecule has 0 bridgehead atoms. The number of anilines is 2. The van der Waals surface area contributed by atoms with Gasteiger partial charge in [0.15, 0.2) is 6.61 Å². The number of carbonyl (C=O) groups is 1. The lowest BCUT2D eigenvalue weighted by atomic mass is 10.1. The van der Waals surface area contributed by atoms with Crippen LogP contribution < -0.4 is 14.8 Å². The largest absolute Gasteiger partial charge is 0.484 e. The van der Waals surface area contributed by atoms with E-state index in [1.807, 2.05) is 44.2 Å². The third-order valence-electron chi connectivity index (χ3n) is 4.62. The Morgan fingerprint density at radius 1 is 0.871 bits per heavy atom. The third kappa shape index (κ3) is 6.33. The number of ether oxygens (including phenoxy) is 1. The molecule has 2 N–H and O–H groups in total. The highest BCUT2D eigenvalue weighted by Crippen LogP contribution is 2.20. The van der Waals surface area contributed by atoms with Crippen molar-refractivity contribution in [2.24, 2.45) is 0 Å². The fourth-order valence-electron chi connectivity index (χ4n) is 3.13. The molecule has 0 heterocycles. The Morgan fingerprint density at radius 3 is 2.06 bits per heavy atom. The lowest BCUT2D eigenvalue weighted by Gasteiger charge is -2.11. The molecule has 3 aromatic carbocycles. The van der Waals surface area contributed by atoms with E-state index in [1.54, 1.807) is 24.3 Å². The minimum Gasteiger partial charge on any atom is -0.484 e. The van der Waals surface area contributed by atoms with E-state index in [2.05, 4.69) is 17.0 Å². The van der Waals surface area contributed by atoms with Crippen LogP contribution in [0.15, 0.2) is 71.6 Å². The smallest absolute Gasteiger partial charge is 0.262 e. The van der Waals surface area contributed by atoms with Gasteiger partial charge in [-0.15, -0.1) is 0 Å². The van der Waals surface area contributed by atoms with Gasteiger partial charge in [-0.25, -0.2) is 8.42 Å². The minimum atomic E-state index is -3.73. The van der Waals surface area contributed by atoms with Crippen LogP contribution in [0.1, 0.15) is 23.6 Å². The molecule has 0 atom stereocenters. The number of nitrogens with one attached hydrogen (secondary N) is 2. The van der Waals surface area contributed by atoms with Crippen molar-refractivity contribution in [2.75, 3.05) is 16.6 Å². The van der Waals surface area contributed by atoms with E-state index in [4.69, 9.17) is 4.74 Å². The number of aryl methyl sites for hydroxylation is 3. The van der Waals surface area contributed by atoms with Crippen LogP contribution >= 0.6 is 0 Å². The average Bonchev–Trinajstić information content (AvgIpc) is 2.72. The molecule has 0 unspecified atom stereocenters. The zero-order valence-electron chi connectivity index (χ0n) is 17.8. The van der Waals surface area contributed by atoms with Crippen molar-refractivity contribution >= 4 is 27.3 Å². The van der Waals surface area contributed by atoms with Crippen molar-refractivity contribution < 1.29 is 17.9 Å². The normalized spacial score (nSPS) is 11.1. The molecular formula is C24H26N2O4S. The third-order valence-corrected chi connectivity index (χ3v) is 6.02. The fourth-order valence-corrected chi connectivity index (χ4v) is 4.17. The van der Waals surface area contributed by atoms with Crippen LogP contribution in [0.25, 0.3) is 0 Å². The summed E-state index contributed by atoms with van der Waals surface area (Å²) >= 11 is 0. The number of benzene rings is 3. The van der Waals surface area contributed by atoms with E-state index in [9.17, 15) is 13.2 Å². The van der Waals surface area contributed by atoms with E-state index in [-0.39, 0.29) is 17.4 Å². The van der Waals surface area contributed by atoms with E-state index in [1.165, 1.54) is 17.7 Å². The Morgan fingerprint density at radius 2 is 1.48 bits per heavy atom. The maximum atomic E-state index is 12.6. The first-order valence-electron chi connectivity index (χ1n) is 9.98. The highest BCUT2D eigenvalue weighted by molar-refractivity contribution is 7.92. The summed E-state index contributed by atoms with van der Waals surface area (Å²) in [5.41, 5.74) is 4.14. The molecule has 3 rings (SSSR count). The van der Waals surface area contributed by atoms with Crippen LogP contribution in [-0.4, -0.2) is 20.9 Å². The summed E-state index contributed by atoms with van der Waals surface area (Å²) < 4.78 is 33.4. The monoisotopic (exact) mass is 438 g/mol. The van der Waals surface area contributed by atoms with Crippen LogP contribution in [0.5, 0.6) is 5.75 Å². The van der Waals surface area contributed by atoms with Gasteiger partial charge >= 0.3 is 0 Å². The highest BCUT2D eigenvalue weighted by Gasteiger charge is 2.15. The van der Waals surface area contributed by atoms with Crippen LogP contribution in [0.2, 0.25) is 0 Å². The summed E-state index contributed by atoms with van der Waals surface area (Å²) in [5.74, 6) is 0.287. The Hall–Kier alpha value is -3.32. The molecule has 0 spiro atoms. The topological polar surface area (TPSA) is 84.5 Å². The molecule has 0 radical (unpaired) electrons. The van der Waals surface area contributed by atoms with Gasteiger partial charge in [-0.05, 0) is 85.5 Å². The number of hydrogen-bond acceptors (Lipinski definition) is 4. The zero-order chi connectivity index (χ0) is 22.4.